The van der Waals surface area contributed by atoms with E-state index in [0.717, 1.165) is 0 Å². The summed E-state index contributed by atoms with van der Waals surface area (Å²) in [6.45, 7) is 1.67. The Morgan fingerprint density at radius 3 is 2.74 bits per heavy atom. The van der Waals surface area contributed by atoms with Crippen molar-refractivity contribution in [1.82, 2.24) is 19.9 Å². The first-order valence-electron chi connectivity index (χ1n) is 10.1. The molecule has 0 spiro atoms. The van der Waals surface area contributed by atoms with Crippen molar-refractivity contribution in [3.05, 3.63) is 42.4 Å². The molecule has 164 valence electrons. The molecule has 7 nitrogen and oxygen atoms in total. The van der Waals surface area contributed by atoms with Crippen molar-refractivity contribution in [2.75, 3.05) is 24.5 Å². The summed E-state index contributed by atoms with van der Waals surface area (Å²) in [4.78, 5) is 40.1. The summed E-state index contributed by atoms with van der Waals surface area (Å²) in [6, 6.07) is 2.71. The van der Waals surface area contributed by atoms with Gasteiger partial charge in [-0.05, 0) is 25.0 Å². The molecule has 4 rings (SSSR count). The second-order valence-corrected chi connectivity index (χ2v) is 7.65. The molecule has 1 atom stereocenters. The number of nitrogens with zero attached hydrogens (tertiary/aromatic N) is 4. The van der Waals surface area contributed by atoms with Gasteiger partial charge in [0.2, 0.25) is 0 Å². The highest BCUT2D eigenvalue weighted by molar-refractivity contribution is 5.94. The van der Waals surface area contributed by atoms with Gasteiger partial charge in [0.05, 0.1) is 12.5 Å². The first kappa shape index (κ1) is 21.1. The Bertz CT molecular complexity index is 993. The zero-order valence-electron chi connectivity index (χ0n) is 16.7. The summed E-state index contributed by atoms with van der Waals surface area (Å²) in [5, 5.41) is 0. The number of hydrogen-bond donors (Lipinski definition) is 1. The van der Waals surface area contributed by atoms with E-state index < -0.39 is 30.8 Å². The Morgan fingerprint density at radius 2 is 2.00 bits per heavy atom. The number of aromatic nitrogens is 3. The van der Waals surface area contributed by atoms with Crippen molar-refractivity contribution in [2.45, 2.75) is 37.9 Å². The third kappa shape index (κ3) is 4.78. The van der Waals surface area contributed by atoms with Crippen LogP contribution >= 0.6 is 0 Å². The highest BCUT2D eigenvalue weighted by Crippen LogP contribution is 2.29. The van der Waals surface area contributed by atoms with Gasteiger partial charge in [-0.25, -0.2) is 9.97 Å². The van der Waals surface area contributed by atoms with Crippen LogP contribution in [0.25, 0.3) is 11.4 Å². The second-order valence-electron chi connectivity index (χ2n) is 7.65. The van der Waals surface area contributed by atoms with E-state index in [1.54, 1.807) is 34.3 Å². The third-order valence-corrected chi connectivity index (χ3v) is 5.49. The fourth-order valence-electron chi connectivity index (χ4n) is 3.92. The van der Waals surface area contributed by atoms with Crippen LogP contribution < -0.4 is 4.90 Å². The maximum Gasteiger partial charge on any atom is 0.389 e. The number of nitrogens with one attached hydrogen (secondary N) is 1. The molecule has 2 aliphatic rings. The van der Waals surface area contributed by atoms with E-state index in [1.165, 1.54) is 0 Å². The molecule has 2 aliphatic heterocycles. The van der Waals surface area contributed by atoms with Crippen LogP contribution in [0.2, 0.25) is 0 Å². The van der Waals surface area contributed by atoms with Crippen molar-refractivity contribution < 1.29 is 22.8 Å². The zero-order valence-corrected chi connectivity index (χ0v) is 16.7. The lowest BCUT2D eigenvalue weighted by Gasteiger charge is -2.25. The number of alkyl halides is 3. The largest absolute Gasteiger partial charge is 0.389 e. The molecule has 0 saturated carbocycles. The van der Waals surface area contributed by atoms with E-state index in [0.29, 0.717) is 55.4 Å². The van der Waals surface area contributed by atoms with Crippen LogP contribution in [0.15, 0.2) is 36.7 Å². The van der Waals surface area contributed by atoms with E-state index in [9.17, 15) is 22.8 Å². The number of ketones is 1. The van der Waals surface area contributed by atoms with Gasteiger partial charge in [-0.1, -0.05) is 12.2 Å². The van der Waals surface area contributed by atoms with Gasteiger partial charge in [0.15, 0.2) is 11.6 Å². The van der Waals surface area contributed by atoms with E-state index in [1.807, 2.05) is 12.2 Å². The van der Waals surface area contributed by atoms with Crippen molar-refractivity contribution >= 4 is 17.5 Å². The standard InChI is InChI=1S/C21H22F3N5O2/c22-21(23,24)7-5-17(30)16-4-3-11-29(16)18-6-8-25-19(27-18)14-12-15(26-13-14)20(31)28-9-1-2-10-28/h1-2,6,8,12-13,16,26H,3-5,7,9-11H2/t16-/m1/s1. The Balaban J connectivity index is 1.49. The molecule has 10 heteroatoms. The number of carbonyl (C=O) groups is 2. The number of halogens is 3. The molecule has 0 radical (unpaired) electrons. The maximum atomic E-state index is 12.5. The molecule has 2 aromatic rings. The minimum Gasteiger partial charge on any atom is -0.356 e. The van der Waals surface area contributed by atoms with Gasteiger partial charge in [0.25, 0.3) is 5.91 Å². The molecule has 0 bridgehead atoms. The smallest absolute Gasteiger partial charge is 0.356 e. The average Bonchev–Trinajstić information content (AvgIpc) is 3.52. The fourth-order valence-corrected chi connectivity index (χ4v) is 3.92. The van der Waals surface area contributed by atoms with Gasteiger partial charge in [0, 0.05) is 44.0 Å². The molecule has 2 aromatic heterocycles. The topological polar surface area (TPSA) is 82.2 Å². The molecule has 1 N–H and O–H groups in total. The van der Waals surface area contributed by atoms with E-state index >= 15 is 0 Å². The van der Waals surface area contributed by atoms with Gasteiger partial charge < -0.3 is 14.8 Å². The van der Waals surface area contributed by atoms with Gasteiger partial charge in [-0.15, -0.1) is 0 Å². The number of amides is 1. The van der Waals surface area contributed by atoms with Crippen molar-refractivity contribution in [1.29, 1.82) is 0 Å². The van der Waals surface area contributed by atoms with Crippen molar-refractivity contribution in [3.63, 3.8) is 0 Å². The van der Waals surface area contributed by atoms with Crippen molar-refractivity contribution in [3.8, 4) is 11.4 Å². The lowest BCUT2D eigenvalue weighted by atomic mass is 10.1. The summed E-state index contributed by atoms with van der Waals surface area (Å²) < 4.78 is 37.5. The Hall–Kier alpha value is -3.17. The van der Waals surface area contributed by atoms with Crippen LogP contribution in [-0.2, 0) is 4.79 Å². The summed E-state index contributed by atoms with van der Waals surface area (Å²) in [5.74, 6) is 0.317. The SMILES string of the molecule is O=C(CCC(F)(F)F)[C@H]1CCCN1c1ccnc(-c2c[nH]c(C(=O)N3CC=CC3)c2)n1. The van der Waals surface area contributed by atoms with Crippen LogP contribution in [0.4, 0.5) is 19.0 Å². The predicted molar refractivity (Wildman–Crippen MR) is 108 cm³/mol. The Labute approximate surface area is 177 Å². The van der Waals surface area contributed by atoms with Gasteiger partial charge >= 0.3 is 6.18 Å². The van der Waals surface area contributed by atoms with Crippen LogP contribution in [0.5, 0.6) is 0 Å². The van der Waals surface area contributed by atoms with Crippen LogP contribution in [0.3, 0.4) is 0 Å². The van der Waals surface area contributed by atoms with Crippen molar-refractivity contribution in [2.24, 2.45) is 0 Å². The molecule has 31 heavy (non-hydrogen) atoms. The second kappa shape index (κ2) is 8.52. The molecule has 1 amide bonds. The predicted octanol–water partition coefficient (Wildman–Crippen LogP) is 3.36. The Morgan fingerprint density at radius 1 is 1.23 bits per heavy atom. The number of hydrogen-bond acceptors (Lipinski definition) is 5. The first-order valence-corrected chi connectivity index (χ1v) is 10.1. The molecule has 1 fully saturated rings. The molecule has 4 heterocycles. The Kier molecular flexibility index (Phi) is 5.79. The highest BCUT2D eigenvalue weighted by Gasteiger charge is 2.35. The lowest BCUT2D eigenvalue weighted by molar-refractivity contribution is -0.143. The highest BCUT2D eigenvalue weighted by atomic mass is 19.4. The minimum absolute atomic E-state index is 0.123. The zero-order chi connectivity index (χ0) is 22.0. The molecule has 0 aromatic carbocycles. The summed E-state index contributed by atoms with van der Waals surface area (Å²) >= 11 is 0. The summed E-state index contributed by atoms with van der Waals surface area (Å²) in [7, 11) is 0. The van der Waals surface area contributed by atoms with E-state index in [-0.39, 0.29) is 5.91 Å². The number of rotatable bonds is 6. The summed E-state index contributed by atoms with van der Waals surface area (Å²) in [6.07, 6.45) is 2.26. The van der Waals surface area contributed by atoms with Crippen LogP contribution in [-0.4, -0.2) is 63.4 Å². The number of aromatic amines is 1. The van der Waals surface area contributed by atoms with Gasteiger partial charge in [-0.3, -0.25) is 9.59 Å². The van der Waals surface area contributed by atoms with Gasteiger partial charge in [-0.2, -0.15) is 13.2 Å². The molecular weight excluding hydrogens is 411 g/mol. The average molecular weight is 433 g/mol. The summed E-state index contributed by atoms with van der Waals surface area (Å²) in [5.41, 5.74) is 1.05. The molecule has 1 saturated heterocycles. The number of carbonyl (C=O) groups excluding carboxylic acids is 2. The molecule has 0 aliphatic carbocycles. The minimum atomic E-state index is -4.35. The first-order chi connectivity index (χ1) is 14.8. The fraction of sp³-hybridized carbons (Fsp3) is 0.429. The van der Waals surface area contributed by atoms with Gasteiger partial charge in [0.1, 0.15) is 11.5 Å². The lowest BCUT2D eigenvalue weighted by Crippen LogP contribution is -2.37. The monoisotopic (exact) mass is 433 g/mol. The van der Waals surface area contributed by atoms with E-state index in [4.69, 9.17) is 0 Å². The van der Waals surface area contributed by atoms with Crippen LogP contribution in [0, 0.1) is 0 Å². The normalized spacial score (nSPS) is 18.7. The number of anilines is 1. The quantitative estimate of drug-likeness (QED) is 0.707. The maximum absolute atomic E-state index is 12.5. The van der Waals surface area contributed by atoms with Crippen LogP contribution in [0.1, 0.15) is 36.2 Å². The third-order valence-electron chi connectivity index (χ3n) is 5.49. The number of H-pyrrole nitrogens is 1. The van der Waals surface area contributed by atoms with E-state index in [2.05, 4.69) is 15.0 Å². The number of Topliss-reactive ketones (excluding diaryl/α,β-unsaturated/α-hetero) is 1. The molecular formula is C21H22F3N5O2. The molecule has 0 unspecified atom stereocenters.